The molecule has 0 saturated carbocycles. The van der Waals surface area contributed by atoms with Gasteiger partial charge in [-0.3, -0.25) is 0 Å². The molecule has 0 nitrogen and oxygen atoms in total. The highest BCUT2D eigenvalue weighted by atomic mass is 127. The van der Waals surface area contributed by atoms with Gasteiger partial charge in [-0.1, -0.05) is 12.1 Å². The molecule has 0 aromatic heterocycles. The van der Waals surface area contributed by atoms with Gasteiger partial charge >= 0.3 is 0 Å². The second-order valence-electron chi connectivity index (χ2n) is 7.30. The molecule has 0 fully saturated rings. The summed E-state index contributed by atoms with van der Waals surface area (Å²) in [6.45, 7) is 0. The lowest BCUT2D eigenvalue weighted by atomic mass is 9.98. The van der Waals surface area contributed by atoms with Gasteiger partial charge in [0.1, 0.15) is 11.6 Å². The van der Waals surface area contributed by atoms with Crippen LogP contribution < -0.4 is 0 Å². The molecule has 4 aromatic rings. The van der Waals surface area contributed by atoms with Gasteiger partial charge in [-0.25, -0.2) is 8.78 Å². The third-order valence-corrected chi connectivity index (χ3v) is 10.1. The summed E-state index contributed by atoms with van der Waals surface area (Å²) >= 11 is 13.6. The summed E-state index contributed by atoms with van der Waals surface area (Å²) < 4.78 is 33.3. The van der Waals surface area contributed by atoms with Crippen molar-refractivity contribution in [3.63, 3.8) is 0 Å². The largest absolute Gasteiger partial charge is 0.206 e. The Morgan fingerprint density at radius 2 is 0.788 bits per heavy atom. The third kappa shape index (κ3) is 6.34. The molecule has 0 N–H and O–H groups in total. The lowest BCUT2D eigenvalue weighted by Gasteiger charge is -2.14. The molecule has 168 valence electrons. The number of rotatable bonds is 4. The summed E-state index contributed by atoms with van der Waals surface area (Å²) in [5.74, 6) is -0.382. The van der Waals surface area contributed by atoms with Crippen molar-refractivity contribution in [3.05, 3.63) is 105 Å². The van der Waals surface area contributed by atoms with Crippen molar-refractivity contribution >= 4 is 136 Å². The molecule has 0 saturated heterocycles. The van der Waals surface area contributed by atoms with E-state index in [0.717, 1.165) is 43.0 Å². The van der Waals surface area contributed by atoms with Gasteiger partial charge in [-0.05, 0) is 213 Å². The van der Waals surface area contributed by atoms with Gasteiger partial charge in [-0.2, -0.15) is 0 Å². The monoisotopic (exact) mass is 1110 g/mol. The summed E-state index contributed by atoms with van der Waals surface area (Å²) in [4.78, 5) is 0. The maximum Gasteiger partial charge on any atom is 0.136 e. The molecule has 0 aliphatic carbocycles. The normalized spacial score (nSPS) is 11.2. The summed E-state index contributed by atoms with van der Waals surface area (Å²) in [6, 6.07) is 19.4. The molecule has 0 atom stereocenters. The Morgan fingerprint density at radius 1 is 0.455 bits per heavy atom. The summed E-state index contributed by atoms with van der Waals surface area (Å²) in [7, 11) is 0. The van der Waals surface area contributed by atoms with Crippen LogP contribution in [-0.2, 0) is 6.42 Å². The molecular weight excluding hydrogens is 1100 g/mol. The second kappa shape index (κ2) is 11.7. The van der Waals surface area contributed by atoms with Gasteiger partial charge in [0, 0.05) is 32.5 Å². The molecule has 8 heteroatoms. The first-order valence-electron chi connectivity index (χ1n) is 9.50. The predicted octanol–water partition coefficient (Wildman–Crippen LogP) is 10.5. The van der Waals surface area contributed by atoms with Gasteiger partial charge in [-0.15, -0.1) is 0 Å². The molecule has 0 amide bonds. The van der Waals surface area contributed by atoms with Crippen molar-refractivity contribution in [2.75, 3.05) is 0 Å². The van der Waals surface area contributed by atoms with Crippen molar-refractivity contribution in [3.8, 4) is 22.3 Å². The maximum absolute atomic E-state index is 13.7. The average Bonchev–Trinajstić information content (AvgIpc) is 2.72. The molecule has 4 rings (SSSR count). The van der Waals surface area contributed by atoms with E-state index < -0.39 is 0 Å². The van der Waals surface area contributed by atoms with Crippen LogP contribution in [0.4, 0.5) is 8.78 Å². The van der Waals surface area contributed by atoms with Crippen LogP contribution in [0.1, 0.15) is 11.1 Å². The van der Waals surface area contributed by atoms with Crippen LogP contribution in [0.15, 0.2) is 60.7 Å². The highest BCUT2D eigenvalue weighted by molar-refractivity contribution is 14.1. The predicted molar refractivity (Wildman–Crippen MR) is 183 cm³/mol. The highest BCUT2D eigenvalue weighted by Gasteiger charge is 2.15. The van der Waals surface area contributed by atoms with E-state index in [1.165, 1.54) is 23.3 Å². The molecule has 0 unspecified atom stereocenters. The highest BCUT2D eigenvalue weighted by Crippen LogP contribution is 2.36. The average molecular weight is 1110 g/mol. The Bertz CT molecular complexity index is 1230. The van der Waals surface area contributed by atoms with E-state index in [9.17, 15) is 8.78 Å². The SMILES string of the molecule is Fc1ccc(-c2c(I)cc(Cc3cc(I)c(-c4ccc(F)c(I)c4)c(I)c3)cc2I)cc1I. The van der Waals surface area contributed by atoms with E-state index >= 15 is 0 Å². The lowest BCUT2D eigenvalue weighted by Crippen LogP contribution is -1.98. The van der Waals surface area contributed by atoms with Gasteiger partial charge < -0.3 is 0 Å². The van der Waals surface area contributed by atoms with Crippen LogP contribution in [0.5, 0.6) is 0 Å². The smallest absolute Gasteiger partial charge is 0.136 e. The Hall–Kier alpha value is 1.12. The maximum atomic E-state index is 13.7. The Morgan fingerprint density at radius 3 is 1.09 bits per heavy atom. The Labute approximate surface area is 273 Å². The van der Waals surface area contributed by atoms with Gasteiger partial charge in [0.2, 0.25) is 0 Å². The fourth-order valence-electron chi connectivity index (χ4n) is 3.55. The minimum absolute atomic E-state index is 0.191. The molecule has 0 radical (unpaired) electrons. The zero-order valence-corrected chi connectivity index (χ0v) is 29.4. The van der Waals surface area contributed by atoms with Gasteiger partial charge in [0.05, 0.1) is 0 Å². The minimum Gasteiger partial charge on any atom is -0.206 e. The fraction of sp³-hybridized carbons (Fsp3) is 0.0400. The quantitative estimate of drug-likeness (QED) is 0.179. The standard InChI is InChI=1S/C25H12F2I6/c26-16-3-1-14(10-18(16)28)24-20(30)6-12(7-21(24)31)5-13-8-22(32)25(23(33)9-13)15-2-4-17(27)19(29)11-15/h1-4,6-11H,5H2. The van der Waals surface area contributed by atoms with E-state index in [-0.39, 0.29) is 11.6 Å². The van der Waals surface area contributed by atoms with E-state index in [1.54, 1.807) is 0 Å². The van der Waals surface area contributed by atoms with E-state index in [4.69, 9.17) is 0 Å². The lowest BCUT2D eigenvalue weighted by molar-refractivity contribution is 0.620. The molecule has 4 aromatic carbocycles. The first-order chi connectivity index (χ1) is 15.6. The van der Waals surface area contributed by atoms with Crippen LogP contribution in [-0.4, -0.2) is 0 Å². The molecule has 0 spiro atoms. The van der Waals surface area contributed by atoms with E-state index in [0.29, 0.717) is 7.14 Å². The van der Waals surface area contributed by atoms with Crippen LogP contribution in [0.25, 0.3) is 22.3 Å². The van der Waals surface area contributed by atoms with Crippen LogP contribution in [0.2, 0.25) is 0 Å². The summed E-state index contributed by atoms with van der Waals surface area (Å²) in [5, 5.41) is 0. The molecule has 0 aliphatic heterocycles. The van der Waals surface area contributed by atoms with Gasteiger partial charge in [0.15, 0.2) is 0 Å². The molecular formula is C25H12F2I6. The van der Waals surface area contributed by atoms with Gasteiger partial charge in [0.25, 0.3) is 0 Å². The molecule has 0 heterocycles. The number of hydrogen-bond acceptors (Lipinski definition) is 0. The summed E-state index contributed by atoms with van der Waals surface area (Å²) in [6.07, 6.45) is 0.820. The van der Waals surface area contributed by atoms with Crippen molar-refractivity contribution in [2.45, 2.75) is 6.42 Å². The van der Waals surface area contributed by atoms with Crippen LogP contribution >= 0.6 is 136 Å². The van der Waals surface area contributed by atoms with Crippen molar-refractivity contribution < 1.29 is 8.78 Å². The topological polar surface area (TPSA) is 0 Å². The number of halogens is 8. The van der Waals surface area contributed by atoms with Crippen LogP contribution in [0.3, 0.4) is 0 Å². The second-order valence-corrected chi connectivity index (χ2v) is 14.3. The first-order valence-corrected chi connectivity index (χ1v) is 16.0. The molecule has 0 bridgehead atoms. The number of hydrogen-bond donors (Lipinski definition) is 0. The van der Waals surface area contributed by atoms with Crippen molar-refractivity contribution in [1.82, 2.24) is 0 Å². The minimum atomic E-state index is -0.191. The van der Waals surface area contributed by atoms with Crippen molar-refractivity contribution in [2.24, 2.45) is 0 Å². The fourth-order valence-corrected chi connectivity index (χ4v) is 9.62. The number of benzene rings is 4. The Kier molecular flexibility index (Phi) is 9.60. The first kappa shape index (κ1) is 27.2. The molecule has 0 aliphatic rings. The van der Waals surface area contributed by atoms with Crippen LogP contribution in [0, 0.1) is 33.1 Å². The van der Waals surface area contributed by atoms with Crippen molar-refractivity contribution in [1.29, 1.82) is 0 Å². The van der Waals surface area contributed by atoms with E-state index in [2.05, 4.69) is 115 Å². The third-order valence-electron chi connectivity index (χ3n) is 5.03. The Balaban J connectivity index is 1.66. The molecule has 33 heavy (non-hydrogen) atoms. The zero-order valence-electron chi connectivity index (χ0n) is 16.5. The van der Waals surface area contributed by atoms with E-state index in [1.807, 2.05) is 69.4 Å². The zero-order chi connectivity index (χ0) is 23.9. The summed E-state index contributed by atoms with van der Waals surface area (Å²) in [5.41, 5.74) is 6.82.